The van der Waals surface area contributed by atoms with Crippen molar-refractivity contribution in [3.8, 4) is 0 Å². The van der Waals surface area contributed by atoms with Crippen LogP contribution in [-0.2, 0) is 9.59 Å². The molecule has 9 heteroatoms. The van der Waals surface area contributed by atoms with E-state index in [9.17, 15) is 9.59 Å². The molecule has 0 saturated carbocycles. The van der Waals surface area contributed by atoms with Crippen LogP contribution in [0, 0.1) is 12.8 Å². The fourth-order valence-electron chi connectivity index (χ4n) is 4.03. The molecule has 31 heavy (non-hydrogen) atoms. The summed E-state index contributed by atoms with van der Waals surface area (Å²) in [7, 11) is 0. The van der Waals surface area contributed by atoms with E-state index in [1.54, 1.807) is 29.2 Å². The second-order valence-electron chi connectivity index (χ2n) is 7.95. The smallest absolute Gasteiger partial charge is 0.227 e. The molecule has 0 bridgehead atoms. The number of aromatic nitrogens is 2. The molecular weight excluding hydrogens is 416 g/mol. The van der Waals surface area contributed by atoms with Crippen molar-refractivity contribution >= 4 is 40.7 Å². The van der Waals surface area contributed by atoms with Crippen molar-refractivity contribution in [2.45, 2.75) is 26.2 Å². The number of halogens is 1. The Balaban J connectivity index is 1.25. The van der Waals surface area contributed by atoms with E-state index in [-0.39, 0.29) is 24.2 Å². The van der Waals surface area contributed by atoms with Crippen LogP contribution in [0.25, 0.3) is 0 Å². The number of hydrogen-bond donors (Lipinski definition) is 2. The number of nitrogens with one attached hydrogen (secondary N) is 2. The van der Waals surface area contributed by atoms with Gasteiger partial charge >= 0.3 is 0 Å². The summed E-state index contributed by atoms with van der Waals surface area (Å²) < 4.78 is 0. The van der Waals surface area contributed by atoms with E-state index < -0.39 is 0 Å². The molecule has 2 aliphatic rings. The van der Waals surface area contributed by atoms with Crippen LogP contribution in [0.4, 0.5) is 17.3 Å². The number of aryl methyl sites for hydroxylation is 1. The minimum atomic E-state index is -0.355. The highest BCUT2D eigenvalue weighted by Crippen LogP contribution is 2.26. The molecule has 0 spiro atoms. The van der Waals surface area contributed by atoms with Gasteiger partial charge < -0.3 is 20.4 Å². The summed E-state index contributed by atoms with van der Waals surface area (Å²) in [6, 6.07) is 9.04. The number of rotatable bonds is 7. The maximum Gasteiger partial charge on any atom is 0.227 e. The third-order valence-electron chi connectivity index (χ3n) is 5.62. The lowest BCUT2D eigenvalue weighted by Gasteiger charge is -2.18. The Labute approximate surface area is 187 Å². The Morgan fingerprint density at radius 3 is 2.65 bits per heavy atom. The molecule has 2 saturated heterocycles. The SMILES string of the molecule is Cc1nc(NCCNC(=O)C2CC(=O)N(c3ccc(Cl)cc3)C2)cc(N2CCCC2)n1. The maximum absolute atomic E-state index is 12.5. The molecule has 1 atom stereocenters. The minimum Gasteiger partial charge on any atom is -0.368 e. The van der Waals surface area contributed by atoms with E-state index in [1.165, 1.54) is 12.8 Å². The van der Waals surface area contributed by atoms with Gasteiger partial charge in [-0.25, -0.2) is 9.97 Å². The largest absolute Gasteiger partial charge is 0.368 e. The van der Waals surface area contributed by atoms with Crippen molar-refractivity contribution in [2.24, 2.45) is 5.92 Å². The van der Waals surface area contributed by atoms with Crippen LogP contribution in [0.15, 0.2) is 30.3 Å². The van der Waals surface area contributed by atoms with Crippen LogP contribution in [0.2, 0.25) is 5.02 Å². The summed E-state index contributed by atoms with van der Waals surface area (Å²) in [6.45, 7) is 5.31. The fraction of sp³-hybridized carbons (Fsp3) is 0.455. The molecule has 0 radical (unpaired) electrons. The molecule has 0 aliphatic carbocycles. The third kappa shape index (κ3) is 5.25. The predicted octanol–water partition coefficient (Wildman–Crippen LogP) is 2.62. The van der Waals surface area contributed by atoms with Gasteiger partial charge in [-0.2, -0.15) is 0 Å². The highest BCUT2D eigenvalue weighted by Gasteiger charge is 2.34. The van der Waals surface area contributed by atoms with Crippen molar-refractivity contribution in [1.82, 2.24) is 15.3 Å². The van der Waals surface area contributed by atoms with E-state index in [0.29, 0.717) is 24.7 Å². The van der Waals surface area contributed by atoms with Gasteiger partial charge in [-0.3, -0.25) is 9.59 Å². The van der Waals surface area contributed by atoms with Gasteiger partial charge in [0.2, 0.25) is 11.8 Å². The van der Waals surface area contributed by atoms with Crippen LogP contribution in [0.3, 0.4) is 0 Å². The molecule has 2 aliphatic heterocycles. The zero-order valence-corrected chi connectivity index (χ0v) is 18.4. The second-order valence-corrected chi connectivity index (χ2v) is 8.39. The molecule has 2 fully saturated rings. The molecular formula is C22H27ClN6O2. The first-order chi connectivity index (χ1) is 15.0. The molecule has 1 unspecified atom stereocenters. The number of benzene rings is 1. The summed E-state index contributed by atoms with van der Waals surface area (Å²) in [4.78, 5) is 37.8. The quantitative estimate of drug-likeness (QED) is 0.640. The number of anilines is 3. The monoisotopic (exact) mass is 442 g/mol. The van der Waals surface area contributed by atoms with E-state index >= 15 is 0 Å². The standard InChI is InChI=1S/C22H27ClN6O2/c1-15-26-19(13-20(27-15)28-10-2-3-11-28)24-8-9-25-22(31)16-12-21(30)29(14-16)18-6-4-17(23)5-7-18/h4-7,13,16H,2-3,8-12,14H2,1H3,(H,25,31)(H,24,26,27). The van der Waals surface area contributed by atoms with Crippen LogP contribution < -0.4 is 20.4 Å². The Bertz CT molecular complexity index is 946. The first-order valence-corrected chi connectivity index (χ1v) is 11.1. The number of carbonyl (C=O) groups excluding carboxylic acids is 2. The summed E-state index contributed by atoms with van der Waals surface area (Å²) in [6.07, 6.45) is 2.60. The molecule has 8 nitrogen and oxygen atoms in total. The zero-order valence-electron chi connectivity index (χ0n) is 17.6. The molecule has 2 N–H and O–H groups in total. The number of nitrogens with zero attached hydrogens (tertiary/aromatic N) is 4. The van der Waals surface area contributed by atoms with E-state index in [4.69, 9.17) is 11.6 Å². The average molecular weight is 443 g/mol. The summed E-state index contributed by atoms with van der Waals surface area (Å²) in [5.74, 6) is 1.92. The Hall–Kier alpha value is -2.87. The Kier molecular flexibility index (Phi) is 6.56. The van der Waals surface area contributed by atoms with Crippen LogP contribution >= 0.6 is 11.6 Å². The zero-order chi connectivity index (χ0) is 21.8. The van der Waals surface area contributed by atoms with Crippen LogP contribution in [0.1, 0.15) is 25.1 Å². The summed E-state index contributed by atoms with van der Waals surface area (Å²) >= 11 is 5.92. The normalized spacial score (nSPS) is 18.5. The van der Waals surface area contributed by atoms with Crippen molar-refractivity contribution in [3.63, 3.8) is 0 Å². The van der Waals surface area contributed by atoms with Crippen molar-refractivity contribution in [3.05, 3.63) is 41.2 Å². The number of amides is 2. The fourth-order valence-corrected chi connectivity index (χ4v) is 4.15. The first-order valence-electron chi connectivity index (χ1n) is 10.7. The van der Waals surface area contributed by atoms with Gasteiger partial charge in [-0.05, 0) is 44.0 Å². The van der Waals surface area contributed by atoms with Crippen molar-refractivity contribution in [2.75, 3.05) is 47.8 Å². The average Bonchev–Trinajstić information content (AvgIpc) is 3.41. The lowest BCUT2D eigenvalue weighted by molar-refractivity contribution is -0.126. The Morgan fingerprint density at radius 1 is 1.16 bits per heavy atom. The van der Waals surface area contributed by atoms with E-state index in [0.717, 1.165) is 36.2 Å². The van der Waals surface area contributed by atoms with Gasteiger partial charge in [0.15, 0.2) is 0 Å². The van der Waals surface area contributed by atoms with Crippen LogP contribution in [0.5, 0.6) is 0 Å². The summed E-state index contributed by atoms with van der Waals surface area (Å²) in [5, 5.41) is 6.80. The topological polar surface area (TPSA) is 90.5 Å². The van der Waals surface area contributed by atoms with Gasteiger partial charge in [0.25, 0.3) is 0 Å². The molecule has 4 rings (SSSR count). The first kappa shape index (κ1) is 21.4. The van der Waals surface area contributed by atoms with Crippen molar-refractivity contribution < 1.29 is 9.59 Å². The lowest BCUT2D eigenvalue weighted by atomic mass is 10.1. The third-order valence-corrected chi connectivity index (χ3v) is 5.87. The summed E-state index contributed by atoms with van der Waals surface area (Å²) in [5.41, 5.74) is 0.763. The number of carbonyl (C=O) groups is 2. The molecule has 1 aromatic heterocycles. The van der Waals surface area contributed by atoms with Gasteiger partial charge in [-0.15, -0.1) is 0 Å². The highest BCUT2D eigenvalue weighted by atomic mass is 35.5. The lowest BCUT2D eigenvalue weighted by Crippen LogP contribution is -2.35. The maximum atomic E-state index is 12.5. The van der Waals surface area contributed by atoms with E-state index in [2.05, 4.69) is 25.5 Å². The molecule has 164 valence electrons. The molecule has 3 heterocycles. The number of hydrogen-bond acceptors (Lipinski definition) is 6. The predicted molar refractivity (Wildman–Crippen MR) is 122 cm³/mol. The molecule has 1 aromatic carbocycles. The highest BCUT2D eigenvalue weighted by molar-refractivity contribution is 6.30. The molecule has 2 aromatic rings. The van der Waals surface area contributed by atoms with E-state index in [1.807, 2.05) is 13.0 Å². The van der Waals surface area contributed by atoms with Crippen molar-refractivity contribution in [1.29, 1.82) is 0 Å². The second kappa shape index (κ2) is 9.51. The molecule has 2 amide bonds. The van der Waals surface area contributed by atoms with Crippen LogP contribution in [-0.4, -0.2) is 54.5 Å². The van der Waals surface area contributed by atoms with Gasteiger partial charge in [0.1, 0.15) is 17.5 Å². The van der Waals surface area contributed by atoms with Gasteiger partial charge in [0, 0.05) is 55.9 Å². The van der Waals surface area contributed by atoms with Gasteiger partial charge in [-0.1, -0.05) is 11.6 Å². The Morgan fingerprint density at radius 2 is 1.90 bits per heavy atom. The minimum absolute atomic E-state index is 0.0495. The van der Waals surface area contributed by atoms with Gasteiger partial charge in [0.05, 0.1) is 5.92 Å².